The minimum absolute atomic E-state index is 0.0817. The van der Waals surface area contributed by atoms with E-state index >= 15 is 0 Å². The monoisotopic (exact) mass is 493 g/mol. The van der Waals surface area contributed by atoms with Crippen molar-refractivity contribution >= 4 is 34.9 Å². The van der Waals surface area contributed by atoms with Gasteiger partial charge < -0.3 is 30.7 Å². The van der Waals surface area contributed by atoms with Crippen molar-refractivity contribution < 1.29 is 24.2 Å². The summed E-state index contributed by atoms with van der Waals surface area (Å²) in [5, 5.41) is 20.6. The molecule has 0 aromatic heterocycles. The minimum atomic E-state index is -1.75. The van der Waals surface area contributed by atoms with Gasteiger partial charge in [0.05, 0.1) is 6.61 Å². The summed E-state index contributed by atoms with van der Waals surface area (Å²) in [6, 6.07) is 13.4. The van der Waals surface area contributed by atoms with E-state index in [0.717, 1.165) is 12.8 Å². The molecule has 2 fully saturated rings. The molecule has 2 heterocycles. The first-order valence-electron chi connectivity index (χ1n) is 12.0. The summed E-state index contributed by atoms with van der Waals surface area (Å²) < 4.78 is 5.48. The van der Waals surface area contributed by atoms with Gasteiger partial charge in [0.2, 0.25) is 0 Å². The third kappa shape index (κ3) is 5.09. The molecule has 0 saturated carbocycles. The number of morpholine rings is 1. The lowest BCUT2D eigenvalue weighted by Crippen LogP contribution is -2.55. The van der Waals surface area contributed by atoms with Gasteiger partial charge in [-0.2, -0.15) is 0 Å². The van der Waals surface area contributed by atoms with Crippen LogP contribution < -0.4 is 16.0 Å². The molecule has 2 saturated heterocycles. The molecule has 2 aliphatic rings. The van der Waals surface area contributed by atoms with Crippen molar-refractivity contribution in [1.82, 2.24) is 4.90 Å². The fourth-order valence-electron chi connectivity index (χ4n) is 4.73. The van der Waals surface area contributed by atoms with Crippen molar-refractivity contribution in [3.63, 3.8) is 0 Å². The molecule has 0 radical (unpaired) electrons. The molecule has 2 aromatic carbocycles. The highest BCUT2D eigenvalue weighted by atomic mass is 16.5. The zero-order chi connectivity index (χ0) is 26.0. The van der Waals surface area contributed by atoms with E-state index in [2.05, 4.69) is 5.32 Å². The third-order valence-corrected chi connectivity index (χ3v) is 6.73. The highest BCUT2D eigenvalue weighted by Gasteiger charge is 2.40. The normalized spacial score (nSPS) is 22.9. The van der Waals surface area contributed by atoms with Gasteiger partial charge >= 0.3 is 0 Å². The number of rotatable bonds is 6. The second kappa shape index (κ2) is 10.5. The molecule has 0 spiro atoms. The topological polar surface area (TPSA) is 149 Å². The van der Waals surface area contributed by atoms with E-state index < -0.39 is 24.0 Å². The second-order valence-corrected chi connectivity index (χ2v) is 9.24. The Labute approximate surface area is 209 Å². The van der Waals surface area contributed by atoms with Gasteiger partial charge in [-0.05, 0) is 69.2 Å². The number of ether oxygens (including phenoxy) is 1. The van der Waals surface area contributed by atoms with E-state index in [0.29, 0.717) is 22.5 Å². The van der Waals surface area contributed by atoms with E-state index in [1.165, 1.54) is 4.90 Å². The van der Waals surface area contributed by atoms with Crippen molar-refractivity contribution in [2.75, 3.05) is 23.4 Å². The van der Waals surface area contributed by atoms with Gasteiger partial charge in [0, 0.05) is 41.1 Å². The Hall–Kier alpha value is -3.76. The van der Waals surface area contributed by atoms with Crippen molar-refractivity contribution in [3.8, 4) is 0 Å². The fraction of sp³-hybridized carbons (Fsp3) is 0.385. The van der Waals surface area contributed by atoms with Crippen molar-refractivity contribution in [1.29, 1.82) is 5.41 Å². The van der Waals surface area contributed by atoms with E-state index in [4.69, 9.17) is 15.9 Å². The number of nitrogens with zero attached hydrogens (tertiary/aromatic N) is 2. The molecule has 4 rings (SSSR count). The number of nitrogen functional groups attached to an aromatic ring is 1. The molecule has 0 aliphatic carbocycles. The number of hydrogen-bond acceptors (Lipinski definition) is 6. The predicted molar refractivity (Wildman–Crippen MR) is 135 cm³/mol. The molecule has 5 N–H and O–H groups in total. The molecule has 0 bridgehead atoms. The molecule has 3 amide bonds. The predicted octanol–water partition coefficient (Wildman–Crippen LogP) is 1.72. The number of hydrogen-bond donors (Lipinski definition) is 4. The molecule has 10 heteroatoms. The van der Waals surface area contributed by atoms with Crippen LogP contribution in [0, 0.1) is 5.41 Å². The largest absolute Gasteiger partial charge is 0.384 e. The fourth-order valence-corrected chi connectivity index (χ4v) is 4.73. The third-order valence-electron chi connectivity index (χ3n) is 6.73. The van der Waals surface area contributed by atoms with Crippen LogP contribution >= 0.6 is 0 Å². The first kappa shape index (κ1) is 25.3. The number of nitrogens with one attached hydrogen (secondary N) is 2. The van der Waals surface area contributed by atoms with Gasteiger partial charge in [-0.15, -0.1) is 0 Å². The number of benzene rings is 2. The SMILES string of the molecule is CC1CC[C@@H](C)N1C(=O)c1cccc(N2CCO[C@H]([C@@H](O)C(=O)Nc3ccc(C(=N)N)cc3)C2=O)c1. The Bertz CT molecular complexity index is 1160. The maximum absolute atomic E-state index is 13.2. The van der Waals surface area contributed by atoms with Crippen molar-refractivity contribution in [2.45, 2.75) is 51.0 Å². The molecule has 1 unspecified atom stereocenters. The number of likely N-dealkylation sites (tertiary alicyclic amines) is 1. The van der Waals surface area contributed by atoms with Gasteiger partial charge in [-0.25, -0.2) is 0 Å². The quantitative estimate of drug-likeness (QED) is 0.356. The first-order chi connectivity index (χ1) is 17.2. The highest BCUT2D eigenvalue weighted by Crippen LogP contribution is 2.28. The van der Waals surface area contributed by atoms with E-state index in [-0.39, 0.29) is 37.0 Å². The Morgan fingerprint density at radius 1 is 1.11 bits per heavy atom. The number of amidine groups is 1. The lowest BCUT2D eigenvalue weighted by atomic mass is 10.1. The van der Waals surface area contributed by atoms with E-state index in [1.807, 2.05) is 18.7 Å². The Kier molecular flexibility index (Phi) is 7.37. The highest BCUT2D eigenvalue weighted by molar-refractivity contribution is 6.05. The Morgan fingerprint density at radius 3 is 2.42 bits per heavy atom. The first-order valence-corrected chi connectivity index (χ1v) is 12.0. The summed E-state index contributed by atoms with van der Waals surface area (Å²) in [5.41, 5.74) is 7.29. The summed E-state index contributed by atoms with van der Waals surface area (Å²) in [6.45, 7) is 4.41. The molecule has 4 atom stereocenters. The lowest BCUT2D eigenvalue weighted by Gasteiger charge is -2.34. The number of anilines is 2. The van der Waals surface area contributed by atoms with Crippen LogP contribution in [0.15, 0.2) is 48.5 Å². The zero-order valence-corrected chi connectivity index (χ0v) is 20.3. The van der Waals surface area contributed by atoms with Crippen LogP contribution in [0.2, 0.25) is 0 Å². The van der Waals surface area contributed by atoms with Gasteiger partial charge in [-0.3, -0.25) is 19.8 Å². The number of amides is 3. The zero-order valence-electron chi connectivity index (χ0n) is 20.3. The van der Waals surface area contributed by atoms with Crippen LogP contribution in [-0.4, -0.2) is 71.0 Å². The van der Waals surface area contributed by atoms with Crippen LogP contribution in [0.25, 0.3) is 0 Å². The van der Waals surface area contributed by atoms with Crippen LogP contribution in [0.4, 0.5) is 11.4 Å². The molecular weight excluding hydrogens is 462 g/mol. The van der Waals surface area contributed by atoms with Crippen molar-refractivity contribution in [3.05, 3.63) is 59.7 Å². The second-order valence-electron chi connectivity index (χ2n) is 9.24. The smallest absolute Gasteiger partial charge is 0.259 e. The average Bonchev–Trinajstić information content (AvgIpc) is 3.21. The maximum atomic E-state index is 13.2. The van der Waals surface area contributed by atoms with Crippen LogP contribution in [0.5, 0.6) is 0 Å². The number of carbonyl (C=O) groups is 3. The van der Waals surface area contributed by atoms with Crippen LogP contribution in [-0.2, 0) is 14.3 Å². The molecular formula is C26H31N5O5. The molecule has 36 heavy (non-hydrogen) atoms. The summed E-state index contributed by atoms with van der Waals surface area (Å²) in [7, 11) is 0. The van der Waals surface area contributed by atoms with Crippen molar-refractivity contribution in [2.24, 2.45) is 5.73 Å². The standard InChI is InChI=1S/C26H31N5O5/c1-15-6-7-16(2)31(15)25(34)18-4-3-5-20(14-18)30-12-13-36-22(26(30)35)21(32)24(33)29-19-10-8-17(9-11-19)23(27)28/h3-5,8-11,14-16,21-22,32H,6-7,12-13H2,1-2H3,(H3,27,28)(H,29,33)/t15-,16?,21-,22-/m1/s1. The average molecular weight is 494 g/mol. The Morgan fingerprint density at radius 2 is 1.78 bits per heavy atom. The summed E-state index contributed by atoms with van der Waals surface area (Å²) in [4.78, 5) is 42.3. The molecule has 10 nitrogen and oxygen atoms in total. The molecule has 190 valence electrons. The van der Waals surface area contributed by atoms with Gasteiger partial charge in [0.25, 0.3) is 17.7 Å². The maximum Gasteiger partial charge on any atom is 0.259 e. The van der Waals surface area contributed by atoms with Gasteiger partial charge in [0.1, 0.15) is 5.84 Å². The van der Waals surface area contributed by atoms with E-state index in [9.17, 15) is 19.5 Å². The van der Waals surface area contributed by atoms with Gasteiger partial charge in [-0.1, -0.05) is 6.07 Å². The summed E-state index contributed by atoms with van der Waals surface area (Å²) in [5.74, 6) is -1.55. The van der Waals surface area contributed by atoms with Crippen LogP contribution in [0.3, 0.4) is 0 Å². The number of aliphatic hydroxyl groups is 1. The lowest BCUT2D eigenvalue weighted by molar-refractivity contribution is -0.150. The number of aliphatic hydroxyl groups excluding tert-OH is 1. The minimum Gasteiger partial charge on any atom is -0.384 e. The number of carbonyl (C=O) groups excluding carboxylic acids is 3. The molecule has 2 aliphatic heterocycles. The van der Waals surface area contributed by atoms with E-state index in [1.54, 1.807) is 48.5 Å². The van der Waals surface area contributed by atoms with Gasteiger partial charge in [0.15, 0.2) is 12.2 Å². The van der Waals surface area contributed by atoms with Crippen LogP contribution in [0.1, 0.15) is 42.6 Å². The Balaban J connectivity index is 1.46. The summed E-state index contributed by atoms with van der Waals surface area (Å²) >= 11 is 0. The summed E-state index contributed by atoms with van der Waals surface area (Å²) in [6.07, 6.45) is -1.23. The number of nitrogens with two attached hydrogens (primary N) is 1. The molecule has 2 aromatic rings.